The van der Waals surface area contributed by atoms with Gasteiger partial charge >= 0.3 is 0 Å². The smallest absolute Gasteiger partial charge is 0.293 e. The SMILES string of the molecule is COc1cc(OC)c2cc(C(=O)NC=O)oc2c1C=O. The first kappa shape index (κ1) is 13.6. The number of methoxy groups -OCH3 is 2. The molecule has 2 aromatic rings. The zero-order valence-electron chi connectivity index (χ0n) is 10.8. The second-order valence-corrected chi connectivity index (χ2v) is 3.76. The number of aldehydes is 1. The first-order chi connectivity index (χ1) is 9.65. The van der Waals surface area contributed by atoms with E-state index in [-0.39, 0.29) is 29.1 Å². The predicted octanol–water partition coefficient (Wildman–Crippen LogP) is 1.15. The van der Waals surface area contributed by atoms with Crippen LogP contribution in [0.5, 0.6) is 11.5 Å². The highest BCUT2D eigenvalue weighted by molar-refractivity contribution is 6.06. The van der Waals surface area contributed by atoms with Crippen LogP contribution in [-0.4, -0.2) is 32.8 Å². The van der Waals surface area contributed by atoms with Crippen molar-refractivity contribution in [2.75, 3.05) is 14.2 Å². The fourth-order valence-electron chi connectivity index (χ4n) is 1.85. The molecule has 1 N–H and O–H groups in total. The molecule has 0 aliphatic carbocycles. The number of imide groups is 1. The van der Waals surface area contributed by atoms with Crippen LogP contribution in [0.25, 0.3) is 11.0 Å². The minimum absolute atomic E-state index is 0.109. The van der Waals surface area contributed by atoms with Gasteiger partial charge in [0.25, 0.3) is 5.91 Å². The summed E-state index contributed by atoms with van der Waals surface area (Å²) in [6, 6.07) is 2.91. The Morgan fingerprint density at radius 3 is 2.45 bits per heavy atom. The molecule has 0 aliphatic heterocycles. The fraction of sp³-hybridized carbons (Fsp3) is 0.154. The van der Waals surface area contributed by atoms with Crippen molar-refractivity contribution in [3.05, 3.63) is 23.5 Å². The minimum atomic E-state index is -0.714. The Balaban J connectivity index is 2.73. The molecular formula is C13H11NO6. The molecule has 0 unspecified atom stereocenters. The van der Waals surface area contributed by atoms with Gasteiger partial charge in [0, 0.05) is 12.1 Å². The Kier molecular flexibility index (Phi) is 3.69. The number of nitrogens with one attached hydrogen (secondary N) is 1. The molecule has 1 aromatic carbocycles. The van der Waals surface area contributed by atoms with Gasteiger partial charge in [0.05, 0.1) is 25.2 Å². The zero-order chi connectivity index (χ0) is 14.7. The summed E-state index contributed by atoms with van der Waals surface area (Å²) in [5.74, 6) is -0.173. The molecule has 2 rings (SSSR count). The van der Waals surface area contributed by atoms with Gasteiger partial charge in [-0.2, -0.15) is 0 Å². The minimum Gasteiger partial charge on any atom is -0.496 e. The molecule has 0 spiro atoms. The number of furan rings is 1. The number of rotatable bonds is 5. The molecule has 1 aromatic heterocycles. The molecule has 7 heteroatoms. The molecule has 104 valence electrons. The summed E-state index contributed by atoms with van der Waals surface area (Å²) in [6.45, 7) is 0. The van der Waals surface area contributed by atoms with Gasteiger partial charge in [0.15, 0.2) is 17.6 Å². The van der Waals surface area contributed by atoms with E-state index in [1.807, 2.05) is 5.32 Å². The number of benzene rings is 1. The van der Waals surface area contributed by atoms with Gasteiger partial charge in [-0.3, -0.25) is 19.7 Å². The van der Waals surface area contributed by atoms with Gasteiger partial charge < -0.3 is 13.9 Å². The molecule has 0 saturated carbocycles. The number of hydrogen-bond acceptors (Lipinski definition) is 6. The highest BCUT2D eigenvalue weighted by Gasteiger charge is 2.20. The monoisotopic (exact) mass is 277 g/mol. The van der Waals surface area contributed by atoms with E-state index in [0.29, 0.717) is 17.4 Å². The molecule has 0 bridgehead atoms. The summed E-state index contributed by atoms with van der Waals surface area (Å²) < 4.78 is 15.6. The number of fused-ring (bicyclic) bond motifs is 1. The lowest BCUT2D eigenvalue weighted by Crippen LogP contribution is -2.20. The van der Waals surface area contributed by atoms with Crippen LogP contribution < -0.4 is 14.8 Å². The average Bonchev–Trinajstić information content (AvgIpc) is 2.90. The second-order valence-electron chi connectivity index (χ2n) is 3.76. The first-order valence-corrected chi connectivity index (χ1v) is 5.54. The van der Waals surface area contributed by atoms with E-state index in [2.05, 4.69) is 0 Å². The van der Waals surface area contributed by atoms with Crippen LogP contribution in [-0.2, 0) is 4.79 Å². The highest BCUT2D eigenvalue weighted by Crippen LogP contribution is 2.36. The van der Waals surface area contributed by atoms with Crippen LogP contribution in [0.4, 0.5) is 0 Å². The summed E-state index contributed by atoms with van der Waals surface area (Å²) in [5.41, 5.74) is 0.320. The van der Waals surface area contributed by atoms with Crippen LogP contribution in [0.1, 0.15) is 20.9 Å². The number of carbonyl (C=O) groups excluding carboxylic acids is 3. The van der Waals surface area contributed by atoms with Gasteiger partial charge in [-0.15, -0.1) is 0 Å². The van der Waals surface area contributed by atoms with E-state index in [1.165, 1.54) is 26.4 Å². The Morgan fingerprint density at radius 2 is 1.90 bits per heavy atom. The standard InChI is InChI=1S/C13H11NO6/c1-18-9-4-10(19-2)8(5-15)12-7(9)3-11(20-12)13(17)14-6-16/h3-6H,1-2H3,(H,14,16,17). The Labute approximate surface area is 113 Å². The fourth-order valence-corrected chi connectivity index (χ4v) is 1.85. The molecule has 0 radical (unpaired) electrons. The van der Waals surface area contributed by atoms with E-state index in [1.54, 1.807) is 0 Å². The number of amides is 2. The largest absolute Gasteiger partial charge is 0.496 e. The molecule has 0 atom stereocenters. The van der Waals surface area contributed by atoms with Crippen molar-refractivity contribution in [3.8, 4) is 11.5 Å². The molecule has 20 heavy (non-hydrogen) atoms. The molecular weight excluding hydrogens is 266 g/mol. The highest BCUT2D eigenvalue weighted by atomic mass is 16.5. The molecule has 7 nitrogen and oxygen atoms in total. The maximum atomic E-state index is 11.6. The van der Waals surface area contributed by atoms with Gasteiger partial charge in [0.1, 0.15) is 11.5 Å². The lowest BCUT2D eigenvalue weighted by Gasteiger charge is -2.07. The Bertz CT molecular complexity index is 688. The van der Waals surface area contributed by atoms with Gasteiger partial charge in [-0.25, -0.2) is 0 Å². The maximum absolute atomic E-state index is 11.6. The van der Waals surface area contributed by atoms with Crippen molar-refractivity contribution in [1.29, 1.82) is 0 Å². The normalized spacial score (nSPS) is 10.1. The van der Waals surface area contributed by atoms with Crippen molar-refractivity contribution in [2.45, 2.75) is 0 Å². The number of hydrogen-bond donors (Lipinski definition) is 1. The second kappa shape index (κ2) is 5.43. The van der Waals surface area contributed by atoms with E-state index < -0.39 is 5.91 Å². The van der Waals surface area contributed by atoms with Crippen LogP contribution in [0, 0.1) is 0 Å². The number of ether oxygens (including phenoxy) is 2. The third-order valence-corrected chi connectivity index (χ3v) is 2.74. The molecule has 0 fully saturated rings. The van der Waals surface area contributed by atoms with Crippen molar-refractivity contribution >= 4 is 29.6 Å². The van der Waals surface area contributed by atoms with E-state index >= 15 is 0 Å². The quantitative estimate of drug-likeness (QED) is 0.824. The van der Waals surface area contributed by atoms with Crippen LogP contribution in [0.15, 0.2) is 16.5 Å². The van der Waals surface area contributed by atoms with E-state index in [4.69, 9.17) is 13.9 Å². The summed E-state index contributed by atoms with van der Waals surface area (Å²) in [4.78, 5) is 33.0. The van der Waals surface area contributed by atoms with Gasteiger partial charge in [-0.1, -0.05) is 0 Å². The summed E-state index contributed by atoms with van der Waals surface area (Å²) in [6.07, 6.45) is 0.805. The summed E-state index contributed by atoms with van der Waals surface area (Å²) in [7, 11) is 2.84. The lowest BCUT2D eigenvalue weighted by molar-refractivity contribution is -0.108. The zero-order valence-corrected chi connectivity index (χ0v) is 10.8. The molecule has 0 saturated heterocycles. The Morgan fingerprint density at radius 1 is 1.20 bits per heavy atom. The van der Waals surface area contributed by atoms with Crippen molar-refractivity contribution in [2.24, 2.45) is 0 Å². The van der Waals surface area contributed by atoms with Crippen LogP contribution in [0.2, 0.25) is 0 Å². The van der Waals surface area contributed by atoms with Gasteiger partial charge in [0.2, 0.25) is 6.41 Å². The predicted molar refractivity (Wildman–Crippen MR) is 68.2 cm³/mol. The van der Waals surface area contributed by atoms with Crippen molar-refractivity contribution in [3.63, 3.8) is 0 Å². The maximum Gasteiger partial charge on any atom is 0.293 e. The van der Waals surface area contributed by atoms with E-state index in [0.717, 1.165) is 0 Å². The third-order valence-electron chi connectivity index (χ3n) is 2.74. The topological polar surface area (TPSA) is 94.8 Å². The first-order valence-electron chi connectivity index (χ1n) is 5.54. The van der Waals surface area contributed by atoms with Crippen LogP contribution in [0.3, 0.4) is 0 Å². The molecule has 1 heterocycles. The summed E-state index contributed by atoms with van der Waals surface area (Å²) >= 11 is 0. The van der Waals surface area contributed by atoms with Crippen LogP contribution >= 0.6 is 0 Å². The Hall–Kier alpha value is -2.83. The molecule has 2 amide bonds. The number of carbonyl (C=O) groups is 3. The average molecular weight is 277 g/mol. The molecule has 0 aliphatic rings. The third kappa shape index (κ3) is 2.09. The van der Waals surface area contributed by atoms with Crippen molar-refractivity contribution in [1.82, 2.24) is 5.32 Å². The van der Waals surface area contributed by atoms with Gasteiger partial charge in [-0.05, 0) is 0 Å². The van der Waals surface area contributed by atoms with E-state index in [9.17, 15) is 14.4 Å². The van der Waals surface area contributed by atoms with Crippen molar-refractivity contribution < 1.29 is 28.3 Å². The summed E-state index contributed by atoms with van der Waals surface area (Å²) in [5, 5.41) is 2.39. The lowest BCUT2D eigenvalue weighted by atomic mass is 10.1.